The summed E-state index contributed by atoms with van der Waals surface area (Å²) in [5.74, 6) is -0.217. The first-order chi connectivity index (χ1) is 7.44. The predicted molar refractivity (Wildman–Crippen MR) is 62.4 cm³/mol. The lowest BCUT2D eigenvalue weighted by atomic mass is 9.95. The number of nitrogens with one attached hydrogen (secondary N) is 1. The average Bonchev–Trinajstić information content (AvgIpc) is 2.27. The van der Waals surface area contributed by atoms with Crippen LogP contribution in [0.5, 0.6) is 0 Å². The van der Waals surface area contributed by atoms with Gasteiger partial charge in [0.15, 0.2) is 0 Å². The second-order valence-corrected chi connectivity index (χ2v) is 4.76. The van der Waals surface area contributed by atoms with E-state index in [4.69, 9.17) is 16.7 Å². The summed E-state index contributed by atoms with van der Waals surface area (Å²) in [7, 11) is 0. The molecule has 0 bridgehead atoms. The fourth-order valence-electron chi connectivity index (χ4n) is 0.988. The maximum absolute atomic E-state index is 11.6. The Kier molecular flexibility index (Phi) is 4.26. The van der Waals surface area contributed by atoms with Crippen LogP contribution in [-0.4, -0.2) is 29.1 Å². The number of aliphatic hydroxyl groups excluding tert-OH is 1. The Morgan fingerprint density at radius 2 is 2.25 bits per heavy atom. The van der Waals surface area contributed by atoms with Crippen molar-refractivity contribution in [3.8, 4) is 0 Å². The lowest BCUT2D eigenvalue weighted by Crippen LogP contribution is -2.36. The maximum atomic E-state index is 11.6. The normalized spacial score (nSPS) is 11.2. The molecule has 5 heteroatoms. The molecule has 1 heterocycles. The standard InChI is InChI=1S/C11H15ClN2O2/c1-11(2,7-15)6-14-10(16)8-3-4-9(12)13-5-8/h3-5,15H,6-7H2,1-2H3,(H,14,16). The van der Waals surface area contributed by atoms with Gasteiger partial charge in [0.1, 0.15) is 5.15 Å². The number of pyridine rings is 1. The number of hydrogen-bond donors (Lipinski definition) is 2. The van der Waals surface area contributed by atoms with Crippen LogP contribution in [0.3, 0.4) is 0 Å². The van der Waals surface area contributed by atoms with Gasteiger partial charge in [0.25, 0.3) is 5.91 Å². The van der Waals surface area contributed by atoms with E-state index in [0.29, 0.717) is 17.3 Å². The Bertz CT molecular complexity index is 363. The van der Waals surface area contributed by atoms with Crippen LogP contribution in [0, 0.1) is 5.41 Å². The lowest BCUT2D eigenvalue weighted by Gasteiger charge is -2.21. The molecule has 0 aromatic carbocycles. The van der Waals surface area contributed by atoms with Crippen molar-refractivity contribution in [3.63, 3.8) is 0 Å². The number of carbonyl (C=O) groups excluding carboxylic acids is 1. The molecule has 0 saturated carbocycles. The van der Waals surface area contributed by atoms with Gasteiger partial charge in [-0.3, -0.25) is 4.79 Å². The number of nitrogens with zero attached hydrogens (tertiary/aromatic N) is 1. The van der Waals surface area contributed by atoms with Gasteiger partial charge in [-0.25, -0.2) is 4.98 Å². The molecule has 0 aliphatic rings. The van der Waals surface area contributed by atoms with Crippen LogP contribution in [0.2, 0.25) is 5.15 Å². The Hall–Kier alpha value is -1.13. The van der Waals surface area contributed by atoms with Crippen LogP contribution >= 0.6 is 11.6 Å². The minimum atomic E-state index is -0.324. The molecule has 0 saturated heterocycles. The lowest BCUT2D eigenvalue weighted by molar-refractivity contribution is 0.0910. The van der Waals surface area contributed by atoms with Gasteiger partial charge in [-0.05, 0) is 12.1 Å². The van der Waals surface area contributed by atoms with Gasteiger partial charge in [0, 0.05) is 24.8 Å². The van der Waals surface area contributed by atoms with E-state index in [1.54, 1.807) is 12.1 Å². The summed E-state index contributed by atoms with van der Waals surface area (Å²) in [6.07, 6.45) is 1.42. The van der Waals surface area contributed by atoms with E-state index in [2.05, 4.69) is 10.3 Å². The van der Waals surface area contributed by atoms with Crippen molar-refractivity contribution < 1.29 is 9.90 Å². The monoisotopic (exact) mass is 242 g/mol. The molecular formula is C11H15ClN2O2. The van der Waals surface area contributed by atoms with Crippen molar-refractivity contribution in [2.24, 2.45) is 5.41 Å². The molecule has 1 rings (SSSR count). The SMILES string of the molecule is CC(C)(CO)CNC(=O)c1ccc(Cl)nc1. The van der Waals surface area contributed by atoms with Crippen molar-refractivity contribution >= 4 is 17.5 Å². The Labute approximate surface area is 99.6 Å². The third-order valence-corrected chi connectivity index (χ3v) is 2.37. The number of halogens is 1. The zero-order valence-corrected chi connectivity index (χ0v) is 10.1. The predicted octanol–water partition coefficient (Wildman–Crippen LogP) is 1.48. The molecule has 1 amide bonds. The number of rotatable bonds is 4. The second kappa shape index (κ2) is 5.27. The molecule has 0 radical (unpaired) electrons. The highest BCUT2D eigenvalue weighted by Crippen LogP contribution is 2.12. The van der Waals surface area contributed by atoms with Crippen molar-refractivity contribution in [1.29, 1.82) is 0 Å². The van der Waals surface area contributed by atoms with Gasteiger partial charge in [-0.1, -0.05) is 25.4 Å². The van der Waals surface area contributed by atoms with E-state index in [-0.39, 0.29) is 17.9 Å². The molecule has 0 spiro atoms. The van der Waals surface area contributed by atoms with Crippen molar-refractivity contribution in [3.05, 3.63) is 29.0 Å². The Balaban J connectivity index is 2.56. The summed E-state index contributed by atoms with van der Waals surface area (Å²) in [5.41, 5.74) is 0.133. The smallest absolute Gasteiger partial charge is 0.252 e. The highest BCUT2D eigenvalue weighted by atomic mass is 35.5. The van der Waals surface area contributed by atoms with Gasteiger partial charge in [-0.2, -0.15) is 0 Å². The van der Waals surface area contributed by atoms with Gasteiger partial charge in [0.2, 0.25) is 0 Å². The number of aliphatic hydroxyl groups is 1. The number of amides is 1. The van der Waals surface area contributed by atoms with Gasteiger partial charge in [0.05, 0.1) is 5.56 Å². The van der Waals surface area contributed by atoms with E-state index < -0.39 is 0 Å². The number of carbonyl (C=O) groups is 1. The molecule has 88 valence electrons. The van der Waals surface area contributed by atoms with Crippen LogP contribution in [-0.2, 0) is 0 Å². The summed E-state index contributed by atoms with van der Waals surface area (Å²) < 4.78 is 0. The molecule has 4 nitrogen and oxygen atoms in total. The summed E-state index contributed by atoms with van der Waals surface area (Å²) in [4.78, 5) is 15.5. The summed E-state index contributed by atoms with van der Waals surface area (Å²) in [5, 5.41) is 12.1. The molecule has 16 heavy (non-hydrogen) atoms. The third-order valence-electron chi connectivity index (χ3n) is 2.15. The van der Waals surface area contributed by atoms with E-state index >= 15 is 0 Å². The second-order valence-electron chi connectivity index (χ2n) is 4.37. The molecule has 0 unspecified atom stereocenters. The summed E-state index contributed by atoms with van der Waals surface area (Å²) >= 11 is 5.61. The van der Waals surface area contributed by atoms with Gasteiger partial charge in [-0.15, -0.1) is 0 Å². The van der Waals surface area contributed by atoms with Gasteiger partial charge < -0.3 is 10.4 Å². The first-order valence-corrected chi connectivity index (χ1v) is 5.33. The topological polar surface area (TPSA) is 62.2 Å². The minimum absolute atomic E-state index is 0.0200. The third kappa shape index (κ3) is 3.79. The highest BCUT2D eigenvalue weighted by Gasteiger charge is 2.17. The van der Waals surface area contributed by atoms with Gasteiger partial charge >= 0.3 is 0 Å². The number of aromatic nitrogens is 1. The van der Waals surface area contributed by atoms with Crippen LogP contribution in [0.25, 0.3) is 0 Å². The molecule has 2 N–H and O–H groups in total. The largest absolute Gasteiger partial charge is 0.396 e. The quantitative estimate of drug-likeness (QED) is 0.787. The zero-order chi connectivity index (χ0) is 12.2. The average molecular weight is 243 g/mol. The van der Waals surface area contributed by atoms with Crippen LogP contribution in [0.15, 0.2) is 18.3 Å². The fourth-order valence-corrected chi connectivity index (χ4v) is 1.10. The van der Waals surface area contributed by atoms with Crippen molar-refractivity contribution in [2.75, 3.05) is 13.2 Å². The number of hydrogen-bond acceptors (Lipinski definition) is 3. The zero-order valence-electron chi connectivity index (χ0n) is 9.33. The Morgan fingerprint density at radius 3 is 2.75 bits per heavy atom. The maximum Gasteiger partial charge on any atom is 0.252 e. The van der Waals surface area contributed by atoms with E-state index in [1.807, 2.05) is 13.8 Å². The Morgan fingerprint density at radius 1 is 1.56 bits per heavy atom. The van der Waals surface area contributed by atoms with E-state index in [1.165, 1.54) is 6.20 Å². The molecule has 1 aromatic rings. The summed E-state index contributed by atoms with van der Waals surface area (Å²) in [6.45, 7) is 4.16. The molecular weight excluding hydrogens is 228 g/mol. The molecule has 0 aliphatic carbocycles. The molecule has 0 fully saturated rings. The first kappa shape index (κ1) is 12.9. The van der Waals surface area contributed by atoms with E-state index in [9.17, 15) is 4.79 Å². The summed E-state index contributed by atoms with van der Waals surface area (Å²) in [6, 6.07) is 3.17. The molecule has 1 aromatic heterocycles. The van der Waals surface area contributed by atoms with Crippen molar-refractivity contribution in [2.45, 2.75) is 13.8 Å². The fraction of sp³-hybridized carbons (Fsp3) is 0.455. The van der Waals surface area contributed by atoms with Crippen LogP contribution < -0.4 is 5.32 Å². The minimum Gasteiger partial charge on any atom is -0.396 e. The highest BCUT2D eigenvalue weighted by molar-refractivity contribution is 6.29. The first-order valence-electron chi connectivity index (χ1n) is 4.95. The molecule has 0 atom stereocenters. The van der Waals surface area contributed by atoms with Crippen LogP contribution in [0.1, 0.15) is 24.2 Å². The van der Waals surface area contributed by atoms with Crippen molar-refractivity contribution in [1.82, 2.24) is 10.3 Å². The van der Waals surface area contributed by atoms with Crippen LogP contribution in [0.4, 0.5) is 0 Å². The van der Waals surface area contributed by atoms with E-state index in [0.717, 1.165) is 0 Å². The molecule has 0 aliphatic heterocycles.